The maximum atomic E-state index is 3.47. The first-order valence-electron chi connectivity index (χ1n) is 5.90. The van der Waals surface area contributed by atoms with Crippen molar-refractivity contribution in [2.45, 2.75) is 26.2 Å². The highest BCUT2D eigenvalue weighted by molar-refractivity contribution is 5.67. The molecule has 1 aliphatic rings. The predicted octanol–water partition coefficient (Wildman–Crippen LogP) is 2.89. The van der Waals surface area contributed by atoms with Gasteiger partial charge in [0.25, 0.3) is 0 Å². The molecular formula is C13H20N2. The molecule has 0 bridgehead atoms. The second-order valence-corrected chi connectivity index (χ2v) is 4.26. The Labute approximate surface area is 92.3 Å². The molecule has 0 saturated carbocycles. The van der Waals surface area contributed by atoms with E-state index in [2.05, 4.69) is 42.4 Å². The van der Waals surface area contributed by atoms with E-state index < -0.39 is 0 Å². The molecule has 0 spiro atoms. The SMILES string of the molecule is CCCN(C)c1cccc2c1CCCN2. The summed E-state index contributed by atoms with van der Waals surface area (Å²) in [6.45, 7) is 4.48. The Bertz CT molecular complexity index is 333. The second-order valence-electron chi connectivity index (χ2n) is 4.26. The quantitative estimate of drug-likeness (QED) is 0.814. The zero-order valence-corrected chi connectivity index (χ0v) is 9.71. The highest BCUT2D eigenvalue weighted by Crippen LogP contribution is 2.30. The molecule has 1 heterocycles. The minimum absolute atomic E-state index is 1.12. The molecule has 0 atom stereocenters. The van der Waals surface area contributed by atoms with Crippen molar-refractivity contribution >= 4 is 11.4 Å². The van der Waals surface area contributed by atoms with Crippen molar-refractivity contribution in [3.8, 4) is 0 Å². The fourth-order valence-corrected chi connectivity index (χ4v) is 2.30. The molecule has 2 rings (SSSR count). The number of nitrogens with zero attached hydrogens (tertiary/aromatic N) is 1. The number of anilines is 2. The Morgan fingerprint density at radius 2 is 2.27 bits per heavy atom. The molecule has 1 aromatic rings. The maximum Gasteiger partial charge on any atom is 0.0416 e. The number of rotatable bonds is 3. The predicted molar refractivity (Wildman–Crippen MR) is 66.8 cm³/mol. The third-order valence-corrected chi connectivity index (χ3v) is 3.04. The van der Waals surface area contributed by atoms with E-state index in [1.165, 1.54) is 36.2 Å². The van der Waals surface area contributed by atoms with E-state index >= 15 is 0 Å². The van der Waals surface area contributed by atoms with E-state index in [4.69, 9.17) is 0 Å². The van der Waals surface area contributed by atoms with Gasteiger partial charge in [0.1, 0.15) is 0 Å². The topological polar surface area (TPSA) is 15.3 Å². The van der Waals surface area contributed by atoms with E-state index in [9.17, 15) is 0 Å². The summed E-state index contributed by atoms with van der Waals surface area (Å²) >= 11 is 0. The van der Waals surface area contributed by atoms with Crippen LogP contribution in [0.4, 0.5) is 11.4 Å². The average Bonchev–Trinajstić information content (AvgIpc) is 2.28. The van der Waals surface area contributed by atoms with E-state index in [0.717, 1.165) is 13.1 Å². The van der Waals surface area contributed by atoms with Gasteiger partial charge < -0.3 is 10.2 Å². The molecular weight excluding hydrogens is 184 g/mol. The fourth-order valence-electron chi connectivity index (χ4n) is 2.30. The van der Waals surface area contributed by atoms with Crippen molar-refractivity contribution < 1.29 is 0 Å². The molecule has 2 nitrogen and oxygen atoms in total. The van der Waals surface area contributed by atoms with Crippen LogP contribution in [0, 0.1) is 0 Å². The lowest BCUT2D eigenvalue weighted by atomic mass is 10.0. The highest BCUT2D eigenvalue weighted by atomic mass is 15.1. The summed E-state index contributed by atoms with van der Waals surface area (Å²) in [6.07, 6.45) is 3.67. The smallest absolute Gasteiger partial charge is 0.0416 e. The van der Waals surface area contributed by atoms with Gasteiger partial charge in [-0.2, -0.15) is 0 Å². The molecule has 15 heavy (non-hydrogen) atoms. The van der Waals surface area contributed by atoms with Crippen molar-refractivity contribution in [3.05, 3.63) is 23.8 Å². The second kappa shape index (κ2) is 4.56. The Kier molecular flexibility index (Phi) is 3.14. The van der Waals surface area contributed by atoms with Crippen molar-refractivity contribution in [1.82, 2.24) is 0 Å². The normalized spacial score (nSPS) is 14.3. The number of fused-ring (bicyclic) bond motifs is 1. The zero-order valence-electron chi connectivity index (χ0n) is 9.71. The van der Waals surface area contributed by atoms with Crippen LogP contribution in [0.2, 0.25) is 0 Å². The summed E-state index contributed by atoms with van der Waals surface area (Å²) in [5.41, 5.74) is 4.24. The van der Waals surface area contributed by atoms with Crippen LogP contribution < -0.4 is 10.2 Å². The lowest BCUT2D eigenvalue weighted by Gasteiger charge is -2.26. The molecule has 1 aliphatic heterocycles. The molecule has 0 aliphatic carbocycles. The Hall–Kier alpha value is -1.18. The minimum atomic E-state index is 1.12. The van der Waals surface area contributed by atoms with E-state index in [1.807, 2.05) is 0 Å². The Balaban J connectivity index is 2.30. The Morgan fingerprint density at radius 3 is 3.07 bits per heavy atom. The lowest BCUT2D eigenvalue weighted by Crippen LogP contribution is -2.22. The maximum absolute atomic E-state index is 3.47. The first kappa shape index (κ1) is 10.3. The van der Waals surface area contributed by atoms with Crippen LogP contribution in [0.15, 0.2) is 18.2 Å². The van der Waals surface area contributed by atoms with Crippen molar-refractivity contribution in [2.75, 3.05) is 30.4 Å². The van der Waals surface area contributed by atoms with Gasteiger partial charge >= 0.3 is 0 Å². The van der Waals surface area contributed by atoms with E-state index in [1.54, 1.807) is 0 Å². The van der Waals surface area contributed by atoms with Crippen LogP contribution in [-0.2, 0) is 6.42 Å². The molecule has 0 unspecified atom stereocenters. The lowest BCUT2D eigenvalue weighted by molar-refractivity contribution is 0.804. The Morgan fingerprint density at radius 1 is 1.40 bits per heavy atom. The number of nitrogens with one attached hydrogen (secondary N) is 1. The van der Waals surface area contributed by atoms with Gasteiger partial charge in [-0.05, 0) is 37.0 Å². The van der Waals surface area contributed by atoms with Gasteiger partial charge in [-0.3, -0.25) is 0 Å². The van der Waals surface area contributed by atoms with Gasteiger partial charge in [0.2, 0.25) is 0 Å². The van der Waals surface area contributed by atoms with Crippen LogP contribution in [0.5, 0.6) is 0 Å². The highest BCUT2D eigenvalue weighted by Gasteiger charge is 2.14. The molecule has 82 valence electrons. The van der Waals surface area contributed by atoms with Crippen LogP contribution in [0.3, 0.4) is 0 Å². The minimum Gasteiger partial charge on any atom is -0.385 e. The van der Waals surface area contributed by atoms with Gasteiger partial charge in [-0.1, -0.05) is 13.0 Å². The van der Waals surface area contributed by atoms with Crippen LogP contribution >= 0.6 is 0 Å². The van der Waals surface area contributed by atoms with E-state index in [0.29, 0.717) is 0 Å². The van der Waals surface area contributed by atoms with Gasteiger partial charge in [-0.15, -0.1) is 0 Å². The average molecular weight is 204 g/mol. The van der Waals surface area contributed by atoms with Crippen LogP contribution in [0.1, 0.15) is 25.3 Å². The summed E-state index contributed by atoms with van der Waals surface area (Å²) in [6, 6.07) is 6.58. The first-order chi connectivity index (χ1) is 7.33. The molecule has 2 heteroatoms. The fraction of sp³-hybridized carbons (Fsp3) is 0.538. The molecule has 1 N–H and O–H groups in total. The molecule has 0 fully saturated rings. The van der Waals surface area contributed by atoms with Crippen LogP contribution in [-0.4, -0.2) is 20.1 Å². The largest absolute Gasteiger partial charge is 0.385 e. The summed E-state index contributed by atoms with van der Waals surface area (Å²) in [4.78, 5) is 2.37. The third-order valence-electron chi connectivity index (χ3n) is 3.04. The number of benzene rings is 1. The van der Waals surface area contributed by atoms with Crippen molar-refractivity contribution in [1.29, 1.82) is 0 Å². The molecule has 1 aromatic carbocycles. The molecule has 0 amide bonds. The van der Waals surface area contributed by atoms with Gasteiger partial charge in [0.15, 0.2) is 0 Å². The zero-order chi connectivity index (χ0) is 10.7. The van der Waals surface area contributed by atoms with Crippen LogP contribution in [0.25, 0.3) is 0 Å². The molecule has 0 saturated heterocycles. The molecule has 0 radical (unpaired) electrons. The summed E-state index contributed by atoms with van der Waals surface area (Å²) in [5.74, 6) is 0. The standard InChI is InChI=1S/C13H20N2/c1-3-10-15(2)13-8-4-7-12-11(13)6-5-9-14-12/h4,7-8,14H,3,5-6,9-10H2,1-2H3. The summed E-state index contributed by atoms with van der Waals surface area (Å²) in [5, 5.41) is 3.47. The van der Waals surface area contributed by atoms with Gasteiger partial charge in [0.05, 0.1) is 0 Å². The van der Waals surface area contributed by atoms with Gasteiger partial charge in [0, 0.05) is 31.5 Å². The number of hydrogen-bond acceptors (Lipinski definition) is 2. The number of hydrogen-bond donors (Lipinski definition) is 1. The molecule has 0 aromatic heterocycles. The first-order valence-corrected chi connectivity index (χ1v) is 5.90. The summed E-state index contributed by atoms with van der Waals surface area (Å²) < 4.78 is 0. The van der Waals surface area contributed by atoms with Crippen molar-refractivity contribution in [2.24, 2.45) is 0 Å². The monoisotopic (exact) mass is 204 g/mol. The van der Waals surface area contributed by atoms with E-state index in [-0.39, 0.29) is 0 Å². The summed E-state index contributed by atoms with van der Waals surface area (Å²) in [7, 11) is 2.19. The van der Waals surface area contributed by atoms with Gasteiger partial charge in [-0.25, -0.2) is 0 Å². The van der Waals surface area contributed by atoms with Crippen molar-refractivity contribution in [3.63, 3.8) is 0 Å². The third kappa shape index (κ3) is 2.09.